The minimum Gasteiger partial charge on any atom is -0.396 e. The van der Waals surface area contributed by atoms with Crippen LogP contribution in [-0.2, 0) is 0 Å². The Kier molecular flexibility index (Phi) is 5.16. The second kappa shape index (κ2) is 6.17. The first-order chi connectivity index (χ1) is 7.97. The first-order valence-corrected chi connectivity index (χ1v) is 9.52. The van der Waals surface area contributed by atoms with Gasteiger partial charge in [0, 0.05) is 6.61 Å². The van der Waals surface area contributed by atoms with E-state index in [2.05, 4.69) is 56.9 Å². The van der Waals surface area contributed by atoms with Crippen molar-refractivity contribution in [1.82, 2.24) is 0 Å². The fourth-order valence-corrected chi connectivity index (χ4v) is 4.91. The normalized spacial score (nSPS) is 13.4. The van der Waals surface area contributed by atoms with Gasteiger partial charge in [-0.3, -0.25) is 0 Å². The molecule has 0 bridgehead atoms. The molecule has 1 aromatic rings. The summed E-state index contributed by atoms with van der Waals surface area (Å²) in [4.78, 5) is 0. The summed E-state index contributed by atoms with van der Waals surface area (Å²) in [5, 5.41) is 10.5. The van der Waals surface area contributed by atoms with Gasteiger partial charge in [-0.05, 0) is 18.4 Å². The molecule has 0 amide bonds. The number of hydrogen-bond donors (Lipinski definition) is 1. The Morgan fingerprint density at radius 1 is 1.29 bits per heavy atom. The number of rotatable bonds is 6. The van der Waals surface area contributed by atoms with Crippen molar-refractivity contribution in [2.24, 2.45) is 5.92 Å². The quantitative estimate of drug-likeness (QED) is 0.605. The predicted molar refractivity (Wildman–Crippen MR) is 78.4 cm³/mol. The monoisotopic (exact) mass is 248 g/mol. The molecule has 0 spiro atoms. The van der Waals surface area contributed by atoms with Crippen molar-refractivity contribution in [2.75, 3.05) is 6.61 Å². The number of aliphatic hydroxyl groups excluding tert-OH is 1. The summed E-state index contributed by atoms with van der Waals surface area (Å²) in [6, 6.07) is 11.9. The zero-order valence-electron chi connectivity index (χ0n) is 11.2. The molecule has 0 fully saturated rings. The lowest BCUT2D eigenvalue weighted by Crippen LogP contribution is -2.41. The Morgan fingerprint density at radius 3 is 2.41 bits per heavy atom. The summed E-state index contributed by atoms with van der Waals surface area (Å²) in [7, 11) is -1.42. The van der Waals surface area contributed by atoms with Crippen LogP contribution in [0.5, 0.6) is 0 Å². The van der Waals surface area contributed by atoms with E-state index in [-0.39, 0.29) is 6.61 Å². The zero-order chi connectivity index (χ0) is 12.9. The van der Waals surface area contributed by atoms with Crippen LogP contribution >= 0.6 is 0 Å². The Hall–Kier alpha value is -0.863. The van der Waals surface area contributed by atoms with Gasteiger partial charge < -0.3 is 5.11 Å². The highest BCUT2D eigenvalue weighted by atomic mass is 28.3. The van der Waals surface area contributed by atoms with E-state index >= 15 is 0 Å². The molecule has 17 heavy (non-hydrogen) atoms. The van der Waals surface area contributed by atoms with Crippen LogP contribution in [0.3, 0.4) is 0 Å². The summed E-state index contributed by atoms with van der Waals surface area (Å²) in [5.41, 5.74) is 1.29. The van der Waals surface area contributed by atoms with E-state index in [9.17, 15) is 0 Å². The van der Waals surface area contributed by atoms with Crippen LogP contribution in [0.1, 0.15) is 13.3 Å². The van der Waals surface area contributed by atoms with E-state index in [4.69, 9.17) is 5.11 Å². The molecular formula is C15H24OSi. The van der Waals surface area contributed by atoms with E-state index in [1.165, 1.54) is 10.8 Å². The van der Waals surface area contributed by atoms with Crippen LogP contribution in [0, 0.1) is 5.92 Å². The molecule has 0 heterocycles. The van der Waals surface area contributed by atoms with Crippen LogP contribution < -0.4 is 5.19 Å². The molecule has 1 rings (SSSR count). The number of benzene rings is 1. The number of allylic oxidation sites excluding steroid dienone is 1. The minimum atomic E-state index is -1.42. The fourth-order valence-electron chi connectivity index (χ4n) is 2.13. The Labute approximate surface area is 106 Å². The van der Waals surface area contributed by atoms with Crippen molar-refractivity contribution < 1.29 is 5.11 Å². The van der Waals surface area contributed by atoms with Gasteiger partial charge in [0.2, 0.25) is 0 Å². The van der Waals surface area contributed by atoms with Gasteiger partial charge in [0.25, 0.3) is 0 Å². The van der Waals surface area contributed by atoms with Crippen molar-refractivity contribution in [1.29, 1.82) is 0 Å². The first kappa shape index (κ1) is 14.2. The molecule has 0 aromatic heterocycles. The van der Waals surface area contributed by atoms with Crippen LogP contribution in [0.4, 0.5) is 0 Å². The summed E-state index contributed by atoms with van der Waals surface area (Å²) in [6.45, 7) is 11.4. The molecule has 0 aliphatic heterocycles. The molecule has 94 valence electrons. The molecule has 0 saturated carbocycles. The summed E-state index contributed by atoms with van der Waals surface area (Å²) in [6.07, 6.45) is 0.831. The van der Waals surface area contributed by atoms with E-state index < -0.39 is 8.07 Å². The lowest BCUT2D eigenvalue weighted by Gasteiger charge is -2.26. The summed E-state index contributed by atoms with van der Waals surface area (Å²) in [5.74, 6) is 0.426. The van der Waals surface area contributed by atoms with Crippen molar-refractivity contribution in [3.63, 3.8) is 0 Å². The highest BCUT2D eigenvalue weighted by Crippen LogP contribution is 2.23. The second-order valence-electron chi connectivity index (χ2n) is 5.50. The molecule has 1 N–H and O–H groups in total. The lowest BCUT2D eigenvalue weighted by atomic mass is 10.0. The molecule has 0 radical (unpaired) electrons. The second-order valence-corrected chi connectivity index (χ2v) is 10.2. The number of hydrogen-bond acceptors (Lipinski definition) is 1. The molecule has 0 aliphatic carbocycles. The van der Waals surface area contributed by atoms with E-state index in [0.717, 1.165) is 12.5 Å². The molecule has 2 heteroatoms. The summed E-state index contributed by atoms with van der Waals surface area (Å²) >= 11 is 0. The highest BCUT2D eigenvalue weighted by molar-refractivity contribution is 6.90. The molecule has 1 atom stereocenters. The van der Waals surface area contributed by atoms with E-state index in [1.54, 1.807) is 0 Å². The molecule has 1 nitrogen and oxygen atoms in total. The van der Waals surface area contributed by atoms with Crippen LogP contribution in [0.2, 0.25) is 19.1 Å². The molecule has 1 unspecified atom stereocenters. The minimum absolute atomic E-state index is 0.257. The first-order valence-electron chi connectivity index (χ1n) is 6.31. The third-order valence-electron chi connectivity index (χ3n) is 3.48. The van der Waals surface area contributed by atoms with Crippen LogP contribution in [0.15, 0.2) is 42.5 Å². The Morgan fingerprint density at radius 2 is 1.88 bits per heavy atom. The van der Waals surface area contributed by atoms with Crippen molar-refractivity contribution in [2.45, 2.75) is 32.5 Å². The van der Waals surface area contributed by atoms with Gasteiger partial charge in [-0.1, -0.05) is 67.7 Å². The van der Waals surface area contributed by atoms with Gasteiger partial charge in [0.1, 0.15) is 0 Å². The third-order valence-corrected chi connectivity index (χ3v) is 6.72. The van der Waals surface area contributed by atoms with Crippen LogP contribution in [-0.4, -0.2) is 19.8 Å². The third kappa shape index (κ3) is 4.13. The predicted octanol–water partition coefficient (Wildman–Crippen LogP) is 3.18. The Bertz CT molecular complexity index is 356. The van der Waals surface area contributed by atoms with Gasteiger partial charge in [-0.15, -0.1) is 0 Å². The summed E-state index contributed by atoms with van der Waals surface area (Å²) < 4.78 is 0. The SMILES string of the molecule is C=C(C[Si](C)(C)c1ccccc1)C(C)CCO. The van der Waals surface area contributed by atoms with Gasteiger partial charge in [0.15, 0.2) is 0 Å². The van der Waals surface area contributed by atoms with Crippen molar-refractivity contribution in [3.8, 4) is 0 Å². The Balaban J connectivity index is 2.70. The van der Waals surface area contributed by atoms with E-state index in [0.29, 0.717) is 5.92 Å². The fraction of sp³-hybridized carbons (Fsp3) is 0.467. The topological polar surface area (TPSA) is 20.2 Å². The maximum atomic E-state index is 8.97. The van der Waals surface area contributed by atoms with Gasteiger partial charge in [0.05, 0.1) is 8.07 Å². The molecule has 0 aliphatic rings. The molecule has 1 aromatic carbocycles. The van der Waals surface area contributed by atoms with E-state index in [1.807, 2.05) is 0 Å². The largest absolute Gasteiger partial charge is 0.396 e. The van der Waals surface area contributed by atoms with Gasteiger partial charge in [-0.25, -0.2) is 0 Å². The molecular weight excluding hydrogens is 224 g/mol. The number of aliphatic hydroxyl groups is 1. The average Bonchev–Trinajstić information content (AvgIpc) is 2.30. The zero-order valence-corrected chi connectivity index (χ0v) is 12.2. The smallest absolute Gasteiger partial charge is 0.0845 e. The maximum Gasteiger partial charge on any atom is 0.0845 e. The van der Waals surface area contributed by atoms with Gasteiger partial charge in [-0.2, -0.15) is 0 Å². The van der Waals surface area contributed by atoms with Crippen molar-refractivity contribution >= 4 is 13.3 Å². The van der Waals surface area contributed by atoms with Crippen molar-refractivity contribution in [3.05, 3.63) is 42.5 Å². The molecule has 0 saturated heterocycles. The standard InChI is InChI=1S/C15H24OSi/c1-13(10-11-16)14(2)12-17(3,4)15-8-6-5-7-9-15/h5-9,13,16H,2,10-12H2,1,3-4H3. The average molecular weight is 248 g/mol. The maximum absolute atomic E-state index is 8.97. The highest BCUT2D eigenvalue weighted by Gasteiger charge is 2.25. The lowest BCUT2D eigenvalue weighted by molar-refractivity contribution is 0.271. The van der Waals surface area contributed by atoms with Crippen LogP contribution in [0.25, 0.3) is 0 Å². The van der Waals surface area contributed by atoms with Gasteiger partial charge >= 0.3 is 0 Å².